The number of carbonyl (C=O) groups is 2. The van der Waals surface area contributed by atoms with Gasteiger partial charge in [-0.15, -0.1) is 0 Å². The minimum absolute atomic E-state index is 0.0616. The van der Waals surface area contributed by atoms with Crippen LogP contribution in [-0.4, -0.2) is 26.8 Å². The Kier molecular flexibility index (Phi) is 7.51. The Morgan fingerprint density at radius 1 is 0.935 bits per heavy atom. The molecular weight excluding hydrogens is 418 g/mol. The van der Waals surface area contributed by atoms with Gasteiger partial charge in [-0.1, -0.05) is 19.3 Å². The highest BCUT2D eigenvalue weighted by Gasteiger charge is 2.21. The topological polar surface area (TPSA) is 114 Å². The minimum atomic E-state index is -3.78. The number of hydrogen-bond donors (Lipinski definition) is 3. The molecule has 2 aromatic rings. The predicted octanol–water partition coefficient (Wildman–Crippen LogP) is 3.23. The van der Waals surface area contributed by atoms with E-state index in [0.717, 1.165) is 32.1 Å². The van der Waals surface area contributed by atoms with Gasteiger partial charge in [0, 0.05) is 17.2 Å². The van der Waals surface area contributed by atoms with E-state index in [9.17, 15) is 18.0 Å². The van der Waals surface area contributed by atoms with E-state index in [0.29, 0.717) is 23.6 Å². The number of sulfonamides is 1. The molecule has 3 N–H and O–H groups in total. The molecule has 0 unspecified atom stereocenters. The van der Waals surface area contributed by atoms with Crippen LogP contribution in [0, 0.1) is 5.92 Å². The molecule has 1 aliphatic rings. The number of hydrogen-bond acceptors (Lipinski definition) is 5. The van der Waals surface area contributed by atoms with Crippen LogP contribution in [0.1, 0.15) is 49.4 Å². The Bertz CT molecular complexity index is 998. The van der Waals surface area contributed by atoms with Crippen molar-refractivity contribution in [3.63, 3.8) is 0 Å². The number of rotatable bonds is 7. The molecule has 31 heavy (non-hydrogen) atoms. The van der Waals surface area contributed by atoms with E-state index in [-0.39, 0.29) is 16.7 Å². The van der Waals surface area contributed by atoms with E-state index in [4.69, 9.17) is 4.74 Å². The Morgan fingerprint density at radius 2 is 1.58 bits per heavy atom. The number of amides is 2. The molecule has 2 amide bonds. The van der Waals surface area contributed by atoms with Crippen LogP contribution in [0.5, 0.6) is 5.75 Å². The predicted molar refractivity (Wildman–Crippen MR) is 117 cm³/mol. The van der Waals surface area contributed by atoms with Crippen LogP contribution >= 0.6 is 0 Å². The van der Waals surface area contributed by atoms with Gasteiger partial charge in [0.25, 0.3) is 15.9 Å². The van der Waals surface area contributed by atoms with Crippen LogP contribution in [0.15, 0.2) is 53.4 Å². The summed E-state index contributed by atoms with van der Waals surface area (Å²) in [6.45, 7) is 2.34. The van der Waals surface area contributed by atoms with Crippen LogP contribution < -0.4 is 20.3 Å². The third-order valence-electron chi connectivity index (χ3n) is 5.12. The molecule has 0 spiro atoms. The van der Waals surface area contributed by atoms with Gasteiger partial charge in [0.05, 0.1) is 11.5 Å². The molecule has 0 heterocycles. The molecule has 3 rings (SSSR count). The van der Waals surface area contributed by atoms with Crippen molar-refractivity contribution in [2.45, 2.75) is 43.9 Å². The van der Waals surface area contributed by atoms with Crippen LogP contribution in [0.4, 0.5) is 5.69 Å². The molecule has 1 aliphatic carbocycles. The number of nitrogens with one attached hydrogen (secondary N) is 3. The lowest BCUT2D eigenvalue weighted by molar-refractivity contribution is -0.126. The van der Waals surface area contributed by atoms with E-state index >= 15 is 0 Å². The molecule has 166 valence electrons. The van der Waals surface area contributed by atoms with Crippen LogP contribution in [0.3, 0.4) is 0 Å². The second kappa shape index (κ2) is 10.3. The fraction of sp³-hybridized carbons (Fsp3) is 0.364. The number of benzene rings is 2. The second-order valence-corrected chi connectivity index (χ2v) is 9.05. The number of carbonyl (C=O) groups excluding carboxylic acids is 2. The maximum atomic E-state index is 12.5. The van der Waals surface area contributed by atoms with E-state index in [1.54, 1.807) is 12.1 Å². The maximum Gasteiger partial charge on any atom is 0.269 e. The van der Waals surface area contributed by atoms with Crippen molar-refractivity contribution in [2.24, 2.45) is 5.92 Å². The first kappa shape index (κ1) is 22.6. The number of ether oxygens (including phenoxy) is 1. The molecular formula is C22H27N3O5S. The first-order chi connectivity index (χ1) is 14.9. The summed E-state index contributed by atoms with van der Waals surface area (Å²) in [6.07, 6.45) is 4.88. The summed E-state index contributed by atoms with van der Waals surface area (Å²) in [4.78, 5) is 24.5. The molecule has 9 heteroatoms. The highest BCUT2D eigenvalue weighted by molar-refractivity contribution is 7.92. The summed E-state index contributed by atoms with van der Waals surface area (Å²) < 4.78 is 32.9. The summed E-state index contributed by atoms with van der Waals surface area (Å²) in [5.41, 5.74) is 5.51. The van der Waals surface area contributed by atoms with Gasteiger partial charge in [-0.3, -0.25) is 25.2 Å². The van der Waals surface area contributed by atoms with Gasteiger partial charge < -0.3 is 4.74 Å². The molecule has 0 bridgehead atoms. The highest BCUT2D eigenvalue weighted by Crippen LogP contribution is 2.23. The van der Waals surface area contributed by atoms with Crippen molar-refractivity contribution in [1.29, 1.82) is 0 Å². The van der Waals surface area contributed by atoms with Crippen molar-refractivity contribution >= 4 is 27.5 Å². The van der Waals surface area contributed by atoms with E-state index in [2.05, 4.69) is 15.6 Å². The summed E-state index contributed by atoms with van der Waals surface area (Å²) >= 11 is 0. The number of anilines is 1. The molecule has 0 aromatic heterocycles. The highest BCUT2D eigenvalue weighted by atomic mass is 32.2. The third kappa shape index (κ3) is 6.21. The standard InChI is InChI=1S/C22H27N3O5S/c1-2-30-19-12-14-20(15-13-19)31(28,29)25-18-10-8-17(9-11-18)22(27)24-23-21(26)16-6-4-3-5-7-16/h8-16,25H,2-7H2,1H3,(H,23,26)(H,24,27). The number of hydrazine groups is 1. The molecule has 8 nitrogen and oxygen atoms in total. The molecule has 0 aliphatic heterocycles. The van der Waals surface area contributed by atoms with Crippen molar-refractivity contribution < 1.29 is 22.7 Å². The second-order valence-electron chi connectivity index (χ2n) is 7.37. The quantitative estimate of drug-likeness (QED) is 0.566. The molecule has 1 saturated carbocycles. The van der Waals surface area contributed by atoms with Gasteiger partial charge in [-0.05, 0) is 68.3 Å². The summed E-state index contributed by atoms with van der Waals surface area (Å²) in [5, 5.41) is 0. The maximum absolute atomic E-state index is 12.5. The largest absolute Gasteiger partial charge is 0.494 e. The van der Waals surface area contributed by atoms with Crippen molar-refractivity contribution in [2.75, 3.05) is 11.3 Å². The molecule has 0 atom stereocenters. The zero-order chi connectivity index (χ0) is 22.3. The average molecular weight is 446 g/mol. The lowest BCUT2D eigenvalue weighted by Gasteiger charge is -2.20. The fourth-order valence-electron chi connectivity index (χ4n) is 3.44. The zero-order valence-corrected chi connectivity index (χ0v) is 18.2. The first-order valence-electron chi connectivity index (χ1n) is 10.3. The van der Waals surface area contributed by atoms with Gasteiger partial charge in [0.2, 0.25) is 5.91 Å². The molecule has 0 saturated heterocycles. The van der Waals surface area contributed by atoms with Gasteiger partial charge in [0.1, 0.15) is 5.75 Å². The summed E-state index contributed by atoms with van der Waals surface area (Å²) in [6, 6.07) is 12.1. The SMILES string of the molecule is CCOc1ccc(S(=O)(=O)Nc2ccc(C(=O)NNC(=O)C3CCCCC3)cc2)cc1. The summed E-state index contributed by atoms with van der Waals surface area (Å²) in [5.74, 6) is -0.112. The minimum Gasteiger partial charge on any atom is -0.494 e. The van der Waals surface area contributed by atoms with Crippen molar-refractivity contribution in [3.05, 3.63) is 54.1 Å². The Morgan fingerprint density at radius 3 is 2.19 bits per heavy atom. The molecule has 2 aromatic carbocycles. The molecule has 1 fully saturated rings. The monoisotopic (exact) mass is 445 g/mol. The van der Waals surface area contributed by atoms with Gasteiger partial charge in [-0.2, -0.15) is 0 Å². The Labute approximate surface area is 182 Å². The molecule has 0 radical (unpaired) electrons. The van der Waals surface area contributed by atoms with Gasteiger partial charge in [-0.25, -0.2) is 8.42 Å². The van der Waals surface area contributed by atoms with Crippen LogP contribution in [-0.2, 0) is 14.8 Å². The zero-order valence-electron chi connectivity index (χ0n) is 17.4. The van der Waals surface area contributed by atoms with Crippen LogP contribution in [0.25, 0.3) is 0 Å². The fourth-order valence-corrected chi connectivity index (χ4v) is 4.50. The van der Waals surface area contributed by atoms with Crippen LogP contribution in [0.2, 0.25) is 0 Å². The van der Waals surface area contributed by atoms with Gasteiger partial charge >= 0.3 is 0 Å². The normalized spacial score (nSPS) is 14.5. The van der Waals surface area contributed by atoms with Gasteiger partial charge in [0.15, 0.2) is 0 Å². The van der Waals surface area contributed by atoms with E-state index in [1.807, 2.05) is 6.92 Å². The lowest BCUT2D eigenvalue weighted by atomic mass is 9.89. The third-order valence-corrected chi connectivity index (χ3v) is 6.52. The Balaban J connectivity index is 1.56. The first-order valence-corrected chi connectivity index (χ1v) is 11.8. The van der Waals surface area contributed by atoms with E-state index < -0.39 is 15.9 Å². The smallest absolute Gasteiger partial charge is 0.269 e. The average Bonchev–Trinajstić information content (AvgIpc) is 2.78. The lowest BCUT2D eigenvalue weighted by Crippen LogP contribution is -2.44. The summed E-state index contributed by atoms with van der Waals surface area (Å²) in [7, 11) is -3.78. The van der Waals surface area contributed by atoms with E-state index in [1.165, 1.54) is 36.4 Å². The van der Waals surface area contributed by atoms with Crippen molar-refractivity contribution in [3.8, 4) is 5.75 Å². The van der Waals surface area contributed by atoms with Crippen molar-refractivity contribution in [1.82, 2.24) is 10.9 Å². The Hall–Kier alpha value is -3.07.